The van der Waals surface area contributed by atoms with Gasteiger partial charge in [-0.3, -0.25) is 0 Å². The largest absolute Gasteiger partial charge is 0.372 e. The van der Waals surface area contributed by atoms with E-state index in [-0.39, 0.29) is 0 Å². The van der Waals surface area contributed by atoms with Crippen LogP contribution in [0.3, 0.4) is 0 Å². The van der Waals surface area contributed by atoms with Gasteiger partial charge in [0.1, 0.15) is 5.82 Å². The van der Waals surface area contributed by atoms with Gasteiger partial charge in [0.15, 0.2) is 0 Å². The summed E-state index contributed by atoms with van der Waals surface area (Å²) in [6, 6.07) is 10.8. The Kier molecular flexibility index (Phi) is 5.46. The van der Waals surface area contributed by atoms with Crippen LogP contribution in [0.2, 0.25) is 0 Å². The monoisotopic (exact) mass is 365 g/mol. The molecule has 144 valence electrons. The van der Waals surface area contributed by atoms with Crippen LogP contribution in [-0.4, -0.2) is 36.1 Å². The highest BCUT2D eigenvalue weighted by atomic mass is 15.3. The van der Waals surface area contributed by atoms with Crippen LogP contribution in [0.25, 0.3) is 0 Å². The highest BCUT2D eigenvalue weighted by Gasteiger charge is 2.16. The molecule has 4 rings (SSSR count). The Balaban J connectivity index is 1.45. The summed E-state index contributed by atoms with van der Waals surface area (Å²) in [6.07, 6.45) is 6.36. The lowest BCUT2D eigenvalue weighted by Crippen LogP contribution is -2.32. The predicted molar refractivity (Wildman–Crippen MR) is 113 cm³/mol. The molecule has 0 spiro atoms. The van der Waals surface area contributed by atoms with Gasteiger partial charge in [0, 0.05) is 49.3 Å². The average molecular weight is 366 g/mol. The van der Waals surface area contributed by atoms with Crippen LogP contribution < -0.4 is 15.1 Å². The summed E-state index contributed by atoms with van der Waals surface area (Å²) in [5.41, 5.74) is 3.40. The highest BCUT2D eigenvalue weighted by Crippen LogP contribution is 2.26. The fraction of sp³-hybridized carbons (Fsp3) is 0.545. The van der Waals surface area contributed by atoms with Crippen molar-refractivity contribution in [3.05, 3.63) is 36.0 Å². The van der Waals surface area contributed by atoms with Crippen molar-refractivity contribution >= 4 is 23.1 Å². The Hall–Kier alpha value is -2.30. The summed E-state index contributed by atoms with van der Waals surface area (Å²) in [5, 5.41) is 3.47. The molecule has 0 atom stereocenters. The average Bonchev–Trinajstić information content (AvgIpc) is 2.69. The third kappa shape index (κ3) is 4.52. The van der Waals surface area contributed by atoms with Crippen LogP contribution in [-0.2, 0) is 0 Å². The summed E-state index contributed by atoms with van der Waals surface area (Å²) in [6.45, 7) is 8.85. The van der Waals surface area contributed by atoms with E-state index >= 15 is 0 Å². The zero-order valence-corrected chi connectivity index (χ0v) is 16.6. The zero-order valence-electron chi connectivity index (χ0n) is 16.6. The second-order valence-corrected chi connectivity index (χ2v) is 8.08. The molecule has 1 aromatic heterocycles. The molecule has 2 aliphatic heterocycles. The number of piperidine rings is 2. The molecule has 0 aliphatic carbocycles. The normalized spacial score (nSPS) is 18.6. The fourth-order valence-electron chi connectivity index (χ4n) is 4.02. The van der Waals surface area contributed by atoms with Crippen molar-refractivity contribution in [1.29, 1.82) is 0 Å². The molecular formula is C22H31N5. The van der Waals surface area contributed by atoms with Crippen LogP contribution in [0.15, 0.2) is 30.3 Å². The summed E-state index contributed by atoms with van der Waals surface area (Å²) >= 11 is 0. The Morgan fingerprint density at radius 3 is 2.30 bits per heavy atom. The molecule has 1 aromatic carbocycles. The molecule has 2 fully saturated rings. The lowest BCUT2D eigenvalue weighted by atomic mass is 9.99. The van der Waals surface area contributed by atoms with Crippen molar-refractivity contribution in [3.8, 4) is 0 Å². The van der Waals surface area contributed by atoms with E-state index < -0.39 is 0 Å². The Morgan fingerprint density at radius 2 is 1.59 bits per heavy atom. The lowest BCUT2D eigenvalue weighted by molar-refractivity contribution is 0.438. The van der Waals surface area contributed by atoms with Gasteiger partial charge in [0.2, 0.25) is 5.95 Å². The Bertz CT molecular complexity index is 744. The van der Waals surface area contributed by atoms with Crippen LogP contribution in [0.5, 0.6) is 0 Å². The Labute approximate surface area is 162 Å². The number of hydrogen-bond acceptors (Lipinski definition) is 5. The van der Waals surface area contributed by atoms with Gasteiger partial charge in [-0.25, -0.2) is 4.98 Å². The van der Waals surface area contributed by atoms with Gasteiger partial charge in [-0.15, -0.1) is 0 Å². The molecule has 2 aromatic rings. The fourth-order valence-corrected chi connectivity index (χ4v) is 4.02. The Morgan fingerprint density at radius 1 is 0.889 bits per heavy atom. The standard InChI is InChI=1S/C22H31N5/c1-17-10-14-26(15-11-17)20-8-6-19(7-9-20)24-21-16-18(2)23-22(25-21)27-12-4-3-5-13-27/h6-9,16-17H,3-5,10-15H2,1-2H3,(H,23,24,25). The lowest BCUT2D eigenvalue weighted by Gasteiger charge is -2.32. The molecule has 0 amide bonds. The zero-order chi connectivity index (χ0) is 18.6. The maximum Gasteiger partial charge on any atom is 0.227 e. The van der Waals surface area contributed by atoms with Gasteiger partial charge in [0.25, 0.3) is 0 Å². The van der Waals surface area contributed by atoms with Gasteiger partial charge >= 0.3 is 0 Å². The molecule has 5 heteroatoms. The first-order valence-corrected chi connectivity index (χ1v) is 10.4. The van der Waals surface area contributed by atoms with Gasteiger partial charge in [-0.2, -0.15) is 4.98 Å². The molecule has 27 heavy (non-hydrogen) atoms. The van der Waals surface area contributed by atoms with Crippen LogP contribution >= 0.6 is 0 Å². The smallest absolute Gasteiger partial charge is 0.227 e. The van der Waals surface area contributed by atoms with Crippen LogP contribution in [0.1, 0.15) is 44.7 Å². The first kappa shape index (κ1) is 18.1. The van der Waals surface area contributed by atoms with Gasteiger partial charge in [0.05, 0.1) is 0 Å². The summed E-state index contributed by atoms with van der Waals surface area (Å²) in [5.74, 6) is 2.59. The molecule has 0 radical (unpaired) electrons. The van der Waals surface area contributed by atoms with Crippen molar-refractivity contribution in [2.24, 2.45) is 5.92 Å². The van der Waals surface area contributed by atoms with Crippen molar-refractivity contribution in [1.82, 2.24) is 9.97 Å². The first-order valence-electron chi connectivity index (χ1n) is 10.4. The van der Waals surface area contributed by atoms with E-state index in [1.54, 1.807) is 0 Å². The van der Waals surface area contributed by atoms with E-state index in [1.165, 1.54) is 37.8 Å². The minimum atomic E-state index is 0.858. The van der Waals surface area contributed by atoms with Crippen molar-refractivity contribution in [2.45, 2.75) is 46.0 Å². The third-order valence-corrected chi connectivity index (χ3v) is 5.77. The molecule has 2 aliphatic rings. The van der Waals surface area contributed by atoms with Crippen molar-refractivity contribution in [3.63, 3.8) is 0 Å². The highest BCUT2D eigenvalue weighted by molar-refractivity contribution is 5.62. The SMILES string of the molecule is Cc1cc(Nc2ccc(N3CCC(C)CC3)cc2)nc(N2CCCCC2)n1. The molecule has 3 heterocycles. The van der Waals surface area contributed by atoms with Crippen LogP contribution in [0.4, 0.5) is 23.1 Å². The van der Waals surface area contributed by atoms with E-state index in [9.17, 15) is 0 Å². The van der Waals surface area contributed by atoms with E-state index in [4.69, 9.17) is 4.98 Å². The summed E-state index contributed by atoms with van der Waals surface area (Å²) in [4.78, 5) is 14.2. The second-order valence-electron chi connectivity index (χ2n) is 8.08. The van der Waals surface area contributed by atoms with Gasteiger partial charge in [-0.05, 0) is 69.2 Å². The van der Waals surface area contributed by atoms with Gasteiger partial charge < -0.3 is 15.1 Å². The molecule has 5 nitrogen and oxygen atoms in total. The molecule has 0 unspecified atom stereocenters. The predicted octanol–water partition coefficient (Wildman–Crippen LogP) is 4.76. The summed E-state index contributed by atoms with van der Waals surface area (Å²) in [7, 11) is 0. The molecule has 0 bridgehead atoms. The number of rotatable bonds is 4. The van der Waals surface area contributed by atoms with Crippen molar-refractivity contribution < 1.29 is 0 Å². The number of anilines is 4. The number of benzene rings is 1. The molecule has 2 saturated heterocycles. The number of nitrogens with one attached hydrogen (secondary N) is 1. The molecule has 1 N–H and O–H groups in total. The maximum atomic E-state index is 4.77. The number of nitrogens with zero attached hydrogens (tertiary/aromatic N) is 4. The van der Waals surface area contributed by atoms with Crippen LogP contribution in [0, 0.1) is 12.8 Å². The van der Waals surface area contributed by atoms with Gasteiger partial charge in [-0.1, -0.05) is 6.92 Å². The second kappa shape index (κ2) is 8.15. The molecule has 0 saturated carbocycles. The van der Waals surface area contributed by atoms with E-state index in [2.05, 4.69) is 51.3 Å². The van der Waals surface area contributed by atoms with E-state index in [0.717, 1.165) is 55.2 Å². The van der Waals surface area contributed by atoms with E-state index in [1.807, 2.05) is 13.0 Å². The third-order valence-electron chi connectivity index (χ3n) is 5.77. The number of hydrogen-bond donors (Lipinski definition) is 1. The topological polar surface area (TPSA) is 44.3 Å². The quantitative estimate of drug-likeness (QED) is 0.847. The van der Waals surface area contributed by atoms with Crippen molar-refractivity contribution in [2.75, 3.05) is 41.3 Å². The number of aryl methyl sites for hydroxylation is 1. The maximum absolute atomic E-state index is 4.77. The first-order chi connectivity index (χ1) is 13.2. The van der Waals surface area contributed by atoms with E-state index in [0.29, 0.717) is 0 Å². The minimum absolute atomic E-state index is 0.858. The summed E-state index contributed by atoms with van der Waals surface area (Å²) < 4.78 is 0. The number of aromatic nitrogens is 2. The minimum Gasteiger partial charge on any atom is -0.372 e. The molecular weight excluding hydrogens is 334 g/mol.